The molecule has 2 fully saturated rings. The maximum absolute atomic E-state index is 12.6. The number of urea groups is 2. The van der Waals surface area contributed by atoms with Crippen LogP contribution in [0.4, 0.5) is 9.59 Å². The molecule has 0 aliphatic carbocycles. The summed E-state index contributed by atoms with van der Waals surface area (Å²) in [4.78, 5) is 34.9. The number of benzene rings is 1. The number of nitrogens with one attached hydrogen (secondary N) is 1. The molecule has 2 saturated heterocycles. The first-order valence-corrected chi connectivity index (χ1v) is 9.23. The lowest BCUT2D eigenvalue weighted by Gasteiger charge is -2.36. The average Bonchev–Trinajstić information content (AvgIpc) is 3.02. The van der Waals surface area contributed by atoms with Crippen molar-refractivity contribution in [3.8, 4) is 0 Å². The predicted octanol–water partition coefficient (Wildman–Crippen LogP) is 1.91. The van der Waals surface area contributed by atoms with Crippen LogP contribution in [0.15, 0.2) is 54.7 Å². The van der Waals surface area contributed by atoms with Gasteiger partial charge in [0, 0.05) is 38.9 Å². The van der Waals surface area contributed by atoms with E-state index >= 15 is 0 Å². The lowest BCUT2D eigenvalue weighted by atomic mass is 10.2. The van der Waals surface area contributed by atoms with Crippen molar-refractivity contribution in [2.24, 2.45) is 0 Å². The van der Waals surface area contributed by atoms with Crippen LogP contribution in [0.1, 0.15) is 11.3 Å². The molecule has 1 atom stereocenters. The van der Waals surface area contributed by atoms with Gasteiger partial charge in [-0.15, -0.1) is 0 Å². The second-order valence-corrected chi connectivity index (χ2v) is 6.92. The van der Waals surface area contributed by atoms with Gasteiger partial charge in [-0.3, -0.25) is 4.98 Å². The molecule has 7 heteroatoms. The number of rotatable bonds is 4. The Bertz CT molecular complexity index is 799. The molecule has 4 rings (SSSR count). The van der Waals surface area contributed by atoms with Crippen LogP contribution < -0.4 is 5.32 Å². The van der Waals surface area contributed by atoms with Gasteiger partial charge in [0.05, 0.1) is 18.3 Å². The van der Waals surface area contributed by atoms with Crippen LogP contribution in [0.3, 0.4) is 0 Å². The molecule has 4 amide bonds. The van der Waals surface area contributed by atoms with Gasteiger partial charge in [-0.05, 0) is 17.7 Å². The van der Waals surface area contributed by atoms with Gasteiger partial charge in [0.15, 0.2) is 0 Å². The highest BCUT2D eigenvalue weighted by molar-refractivity contribution is 5.79. The second-order valence-electron chi connectivity index (χ2n) is 6.92. The third-order valence-electron chi connectivity index (χ3n) is 5.08. The number of aromatic nitrogens is 1. The Labute approximate surface area is 158 Å². The van der Waals surface area contributed by atoms with E-state index in [0.717, 1.165) is 11.3 Å². The zero-order chi connectivity index (χ0) is 18.6. The van der Waals surface area contributed by atoms with Gasteiger partial charge >= 0.3 is 12.1 Å². The SMILES string of the molecule is O=C(NCc1ccccc1)N1CCN2C(=O)N(Cc3ccccn3)C[C@H]2C1. The molecule has 0 saturated carbocycles. The van der Waals surface area contributed by atoms with Gasteiger partial charge in [0.1, 0.15) is 0 Å². The molecule has 1 aromatic carbocycles. The molecule has 1 aromatic heterocycles. The Morgan fingerprint density at radius 2 is 1.89 bits per heavy atom. The topological polar surface area (TPSA) is 68.8 Å². The van der Waals surface area contributed by atoms with Crippen LogP contribution in [-0.2, 0) is 13.1 Å². The van der Waals surface area contributed by atoms with Crippen molar-refractivity contribution in [3.05, 3.63) is 66.0 Å². The number of amides is 4. The summed E-state index contributed by atoms with van der Waals surface area (Å²) in [6.07, 6.45) is 1.74. The van der Waals surface area contributed by atoms with E-state index in [-0.39, 0.29) is 18.1 Å². The minimum absolute atomic E-state index is 0.0370. The molecule has 140 valence electrons. The summed E-state index contributed by atoms with van der Waals surface area (Å²) < 4.78 is 0. The molecule has 2 aliphatic heterocycles. The number of carbonyl (C=O) groups excluding carboxylic acids is 2. The van der Waals surface area contributed by atoms with E-state index in [1.54, 1.807) is 6.20 Å². The summed E-state index contributed by atoms with van der Waals surface area (Å²) in [6.45, 7) is 3.33. The minimum atomic E-state index is -0.0749. The zero-order valence-corrected chi connectivity index (χ0v) is 15.1. The number of piperazine rings is 1. The molecular formula is C20H23N5O2. The Hall–Kier alpha value is -3.09. The molecular weight excluding hydrogens is 342 g/mol. The molecule has 7 nitrogen and oxygen atoms in total. The molecule has 1 N–H and O–H groups in total. The van der Waals surface area contributed by atoms with Gasteiger partial charge in [0.25, 0.3) is 0 Å². The van der Waals surface area contributed by atoms with Crippen LogP contribution >= 0.6 is 0 Å². The highest BCUT2D eigenvalue weighted by Crippen LogP contribution is 2.22. The average molecular weight is 365 g/mol. The molecule has 0 radical (unpaired) electrons. The normalized spacial score (nSPS) is 19.2. The van der Waals surface area contributed by atoms with Gasteiger partial charge in [-0.25, -0.2) is 9.59 Å². The third-order valence-corrected chi connectivity index (χ3v) is 5.08. The lowest BCUT2D eigenvalue weighted by molar-refractivity contribution is 0.129. The van der Waals surface area contributed by atoms with Gasteiger partial charge < -0.3 is 20.0 Å². The highest BCUT2D eigenvalue weighted by Gasteiger charge is 2.41. The van der Waals surface area contributed by atoms with Crippen molar-refractivity contribution in [3.63, 3.8) is 0 Å². The molecule has 2 aromatic rings. The highest BCUT2D eigenvalue weighted by atomic mass is 16.2. The number of carbonyl (C=O) groups is 2. The monoisotopic (exact) mass is 365 g/mol. The van der Waals surface area contributed by atoms with Gasteiger partial charge in [-0.1, -0.05) is 36.4 Å². The standard InChI is InChI=1S/C20H23N5O2/c26-19(22-12-16-6-2-1-3-7-16)23-10-11-25-18(14-23)15-24(20(25)27)13-17-8-4-5-9-21-17/h1-9,18H,10-15H2,(H,22,26)/t18-/m1/s1. The summed E-state index contributed by atoms with van der Waals surface area (Å²) >= 11 is 0. The van der Waals surface area contributed by atoms with Gasteiger partial charge in [0.2, 0.25) is 0 Å². The Kier molecular flexibility index (Phi) is 4.91. The number of pyridine rings is 1. The summed E-state index contributed by atoms with van der Waals surface area (Å²) in [6, 6.07) is 15.6. The number of nitrogens with zero attached hydrogens (tertiary/aromatic N) is 4. The van der Waals surface area contributed by atoms with Crippen molar-refractivity contribution < 1.29 is 9.59 Å². The molecule has 3 heterocycles. The van der Waals surface area contributed by atoms with Crippen molar-refractivity contribution in [1.82, 2.24) is 25.0 Å². The Balaban J connectivity index is 1.33. The fourth-order valence-corrected chi connectivity index (χ4v) is 3.67. The van der Waals surface area contributed by atoms with E-state index in [2.05, 4.69) is 10.3 Å². The molecule has 0 unspecified atom stereocenters. The third kappa shape index (κ3) is 3.86. The maximum atomic E-state index is 12.6. The quantitative estimate of drug-likeness (QED) is 0.900. The smallest absolute Gasteiger partial charge is 0.320 e. The van der Waals surface area contributed by atoms with E-state index < -0.39 is 0 Å². The van der Waals surface area contributed by atoms with E-state index in [1.165, 1.54) is 0 Å². The first-order valence-electron chi connectivity index (χ1n) is 9.23. The zero-order valence-electron chi connectivity index (χ0n) is 15.1. The van der Waals surface area contributed by atoms with Crippen LogP contribution in [0.2, 0.25) is 0 Å². The van der Waals surface area contributed by atoms with E-state index in [9.17, 15) is 9.59 Å². The van der Waals surface area contributed by atoms with Crippen LogP contribution in [0, 0.1) is 0 Å². The first kappa shape index (κ1) is 17.3. The van der Waals surface area contributed by atoms with Crippen LogP contribution in [0.5, 0.6) is 0 Å². The fraction of sp³-hybridized carbons (Fsp3) is 0.350. The number of fused-ring (bicyclic) bond motifs is 1. The van der Waals surface area contributed by atoms with E-state index in [4.69, 9.17) is 0 Å². The molecule has 0 spiro atoms. The summed E-state index contributed by atoms with van der Waals surface area (Å²) in [7, 11) is 0. The minimum Gasteiger partial charge on any atom is -0.334 e. The molecule has 27 heavy (non-hydrogen) atoms. The summed E-state index contributed by atoms with van der Waals surface area (Å²) in [5, 5.41) is 2.97. The summed E-state index contributed by atoms with van der Waals surface area (Å²) in [5.41, 5.74) is 1.95. The van der Waals surface area contributed by atoms with Crippen molar-refractivity contribution in [1.29, 1.82) is 0 Å². The van der Waals surface area contributed by atoms with Crippen molar-refractivity contribution in [2.45, 2.75) is 19.1 Å². The predicted molar refractivity (Wildman–Crippen MR) is 101 cm³/mol. The van der Waals surface area contributed by atoms with E-state index in [0.29, 0.717) is 39.3 Å². The number of hydrogen-bond acceptors (Lipinski definition) is 3. The lowest BCUT2D eigenvalue weighted by Crippen LogP contribution is -2.55. The number of hydrogen-bond donors (Lipinski definition) is 1. The van der Waals surface area contributed by atoms with Crippen LogP contribution in [-0.4, -0.2) is 64.0 Å². The first-order chi connectivity index (χ1) is 13.2. The summed E-state index contributed by atoms with van der Waals surface area (Å²) in [5.74, 6) is 0. The van der Waals surface area contributed by atoms with Crippen LogP contribution in [0.25, 0.3) is 0 Å². The van der Waals surface area contributed by atoms with Gasteiger partial charge in [-0.2, -0.15) is 0 Å². The van der Waals surface area contributed by atoms with Crippen molar-refractivity contribution in [2.75, 3.05) is 26.2 Å². The molecule has 0 bridgehead atoms. The maximum Gasteiger partial charge on any atom is 0.320 e. The fourth-order valence-electron chi connectivity index (χ4n) is 3.67. The Morgan fingerprint density at radius 1 is 1.07 bits per heavy atom. The largest absolute Gasteiger partial charge is 0.334 e. The Morgan fingerprint density at radius 3 is 2.67 bits per heavy atom. The van der Waals surface area contributed by atoms with Crippen molar-refractivity contribution >= 4 is 12.1 Å². The molecule has 2 aliphatic rings. The second kappa shape index (κ2) is 7.65. The van der Waals surface area contributed by atoms with E-state index in [1.807, 2.05) is 63.2 Å².